The molecule has 0 aromatic heterocycles. The van der Waals surface area contributed by atoms with Crippen LogP contribution in [0.15, 0.2) is 0 Å². The van der Waals surface area contributed by atoms with E-state index in [9.17, 15) is 4.79 Å². The smallest absolute Gasteiger partial charge is 0.410 e. The number of rotatable bonds is 0. The summed E-state index contributed by atoms with van der Waals surface area (Å²) in [5.41, 5.74) is -0.441. The lowest BCUT2D eigenvalue weighted by atomic mass is 10.0. The van der Waals surface area contributed by atoms with Gasteiger partial charge in [-0.05, 0) is 40.2 Å². The Hall–Kier alpha value is -0.810. The van der Waals surface area contributed by atoms with E-state index in [1.165, 1.54) is 0 Å². The highest BCUT2D eigenvalue weighted by Gasteiger charge is 2.37. The van der Waals surface area contributed by atoms with Gasteiger partial charge < -0.3 is 14.8 Å². The van der Waals surface area contributed by atoms with E-state index < -0.39 is 5.60 Å². The predicted octanol–water partition coefficient (Wildman–Crippen LogP) is 1.37. The highest BCUT2D eigenvalue weighted by molar-refractivity contribution is 5.68. The number of hydrogen-bond donors (Lipinski definition) is 1. The molecule has 5 heteroatoms. The van der Waals surface area contributed by atoms with Gasteiger partial charge in [-0.15, -0.1) is 0 Å². The number of morpholine rings is 1. The minimum absolute atomic E-state index is 0.107. The highest BCUT2D eigenvalue weighted by Crippen LogP contribution is 2.22. The van der Waals surface area contributed by atoms with Gasteiger partial charge in [0.25, 0.3) is 0 Å². The van der Waals surface area contributed by atoms with E-state index in [2.05, 4.69) is 5.32 Å². The van der Waals surface area contributed by atoms with Crippen LogP contribution in [-0.2, 0) is 9.47 Å². The molecule has 2 rings (SSSR count). The lowest BCUT2D eigenvalue weighted by Gasteiger charge is -2.40. The summed E-state index contributed by atoms with van der Waals surface area (Å²) in [7, 11) is 0. The third-order valence-corrected chi connectivity index (χ3v) is 3.32. The van der Waals surface area contributed by atoms with Crippen LogP contribution in [0.4, 0.5) is 4.79 Å². The van der Waals surface area contributed by atoms with Gasteiger partial charge in [-0.25, -0.2) is 4.79 Å². The van der Waals surface area contributed by atoms with Crippen LogP contribution in [0.5, 0.6) is 0 Å². The first-order valence-electron chi connectivity index (χ1n) is 6.79. The van der Waals surface area contributed by atoms with Crippen molar-refractivity contribution >= 4 is 6.09 Å². The Morgan fingerprint density at radius 2 is 2.22 bits per heavy atom. The van der Waals surface area contributed by atoms with Gasteiger partial charge in [0, 0.05) is 13.1 Å². The van der Waals surface area contributed by atoms with Crippen molar-refractivity contribution in [3.05, 3.63) is 0 Å². The Morgan fingerprint density at radius 3 is 2.94 bits per heavy atom. The number of ether oxygens (including phenoxy) is 2. The average Bonchev–Trinajstić information content (AvgIpc) is 2.50. The molecular formula is C13H24N2O3. The Bertz CT molecular complexity index is 301. The zero-order chi connectivity index (χ0) is 13.2. The normalized spacial score (nSPS) is 29.4. The van der Waals surface area contributed by atoms with Crippen molar-refractivity contribution in [2.75, 3.05) is 26.2 Å². The van der Waals surface area contributed by atoms with Crippen LogP contribution in [0.3, 0.4) is 0 Å². The summed E-state index contributed by atoms with van der Waals surface area (Å²) in [6, 6.07) is 0.107. The van der Waals surface area contributed by atoms with Gasteiger partial charge in [0.15, 0.2) is 0 Å². The van der Waals surface area contributed by atoms with Gasteiger partial charge in [-0.3, -0.25) is 4.90 Å². The summed E-state index contributed by atoms with van der Waals surface area (Å²) in [4.78, 5) is 14.0. The lowest BCUT2D eigenvalue weighted by Crippen LogP contribution is -2.57. The van der Waals surface area contributed by atoms with E-state index in [4.69, 9.17) is 9.47 Å². The summed E-state index contributed by atoms with van der Waals surface area (Å²) in [6.07, 6.45) is 2.05. The van der Waals surface area contributed by atoms with Gasteiger partial charge in [0.2, 0.25) is 0 Å². The van der Waals surface area contributed by atoms with E-state index in [0.29, 0.717) is 13.2 Å². The standard InChI is InChI=1S/C13H24N2O3/c1-13(2,3)18-12(16)15-7-8-17-11-5-4-6-14-9-10(11)15/h10-11,14H,4-9H2,1-3H3. The molecule has 2 unspecified atom stereocenters. The molecule has 2 saturated heterocycles. The maximum absolute atomic E-state index is 12.2. The molecule has 1 N–H and O–H groups in total. The number of carbonyl (C=O) groups excluding carboxylic acids is 1. The third-order valence-electron chi connectivity index (χ3n) is 3.32. The van der Waals surface area contributed by atoms with E-state index in [1.54, 1.807) is 0 Å². The van der Waals surface area contributed by atoms with Crippen LogP contribution in [0.2, 0.25) is 0 Å². The Kier molecular flexibility index (Phi) is 4.12. The number of nitrogens with zero attached hydrogens (tertiary/aromatic N) is 1. The lowest BCUT2D eigenvalue weighted by molar-refractivity contribution is -0.0741. The van der Waals surface area contributed by atoms with Crippen LogP contribution in [0, 0.1) is 0 Å². The van der Waals surface area contributed by atoms with E-state index in [1.807, 2.05) is 25.7 Å². The van der Waals surface area contributed by atoms with Crippen molar-refractivity contribution in [2.24, 2.45) is 0 Å². The first kappa shape index (κ1) is 13.6. The Labute approximate surface area is 109 Å². The van der Waals surface area contributed by atoms with E-state index >= 15 is 0 Å². The second-order valence-corrected chi connectivity index (χ2v) is 6.00. The fraction of sp³-hybridized carbons (Fsp3) is 0.923. The molecular weight excluding hydrogens is 232 g/mol. The van der Waals surface area contributed by atoms with Crippen LogP contribution >= 0.6 is 0 Å². The first-order chi connectivity index (χ1) is 8.47. The van der Waals surface area contributed by atoms with Gasteiger partial charge in [-0.2, -0.15) is 0 Å². The molecule has 0 spiro atoms. The molecule has 5 nitrogen and oxygen atoms in total. The molecule has 2 heterocycles. The summed E-state index contributed by atoms with van der Waals surface area (Å²) in [6.45, 7) is 8.72. The van der Waals surface area contributed by atoms with Crippen molar-refractivity contribution in [1.82, 2.24) is 10.2 Å². The summed E-state index contributed by atoms with van der Waals surface area (Å²) in [5, 5.41) is 3.36. The second-order valence-electron chi connectivity index (χ2n) is 6.00. The van der Waals surface area contributed by atoms with Gasteiger partial charge in [-0.1, -0.05) is 0 Å². The molecule has 104 valence electrons. The fourth-order valence-electron chi connectivity index (χ4n) is 2.52. The molecule has 0 saturated carbocycles. The van der Waals surface area contributed by atoms with Crippen molar-refractivity contribution < 1.29 is 14.3 Å². The SMILES string of the molecule is CC(C)(C)OC(=O)N1CCOC2CCCNCC21. The molecule has 18 heavy (non-hydrogen) atoms. The van der Waals surface area contributed by atoms with Gasteiger partial charge in [0.1, 0.15) is 5.60 Å². The van der Waals surface area contributed by atoms with E-state index in [-0.39, 0.29) is 18.2 Å². The molecule has 0 aromatic carbocycles. The fourth-order valence-corrected chi connectivity index (χ4v) is 2.52. The van der Waals surface area contributed by atoms with Crippen molar-refractivity contribution in [1.29, 1.82) is 0 Å². The van der Waals surface area contributed by atoms with Crippen LogP contribution in [-0.4, -0.2) is 55.0 Å². The second kappa shape index (κ2) is 5.45. The average molecular weight is 256 g/mol. The van der Waals surface area contributed by atoms with E-state index in [0.717, 1.165) is 25.9 Å². The predicted molar refractivity (Wildman–Crippen MR) is 68.6 cm³/mol. The van der Waals surface area contributed by atoms with Crippen molar-refractivity contribution in [3.8, 4) is 0 Å². The van der Waals surface area contributed by atoms with Crippen LogP contribution < -0.4 is 5.32 Å². The first-order valence-corrected chi connectivity index (χ1v) is 6.79. The molecule has 0 aliphatic carbocycles. The molecule has 2 aliphatic heterocycles. The molecule has 0 bridgehead atoms. The minimum Gasteiger partial charge on any atom is -0.444 e. The summed E-state index contributed by atoms with van der Waals surface area (Å²) < 4.78 is 11.3. The van der Waals surface area contributed by atoms with Crippen LogP contribution in [0.25, 0.3) is 0 Å². The summed E-state index contributed by atoms with van der Waals surface area (Å²) >= 11 is 0. The van der Waals surface area contributed by atoms with Crippen molar-refractivity contribution in [2.45, 2.75) is 51.4 Å². The Balaban J connectivity index is 2.03. The highest BCUT2D eigenvalue weighted by atomic mass is 16.6. The molecule has 0 aromatic rings. The number of fused-ring (bicyclic) bond motifs is 1. The number of carbonyl (C=O) groups is 1. The molecule has 0 radical (unpaired) electrons. The zero-order valence-corrected chi connectivity index (χ0v) is 11.6. The number of nitrogens with one attached hydrogen (secondary N) is 1. The maximum atomic E-state index is 12.2. The van der Waals surface area contributed by atoms with Crippen molar-refractivity contribution in [3.63, 3.8) is 0 Å². The quantitative estimate of drug-likeness (QED) is 0.711. The number of hydrogen-bond acceptors (Lipinski definition) is 4. The molecule has 2 aliphatic rings. The topological polar surface area (TPSA) is 50.8 Å². The third kappa shape index (κ3) is 3.36. The van der Waals surface area contributed by atoms with Gasteiger partial charge >= 0.3 is 6.09 Å². The van der Waals surface area contributed by atoms with Gasteiger partial charge in [0.05, 0.1) is 18.8 Å². The maximum Gasteiger partial charge on any atom is 0.410 e. The number of amides is 1. The molecule has 2 fully saturated rings. The summed E-state index contributed by atoms with van der Waals surface area (Å²) in [5.74, 6) is 0. The monoisotopic (exact) mass is 256 g/mol. The molecule has 2 atom stereocenters. The molecule has 1 amide bonds. The van der Waals surface area contributed by atoms with Crippen LogP contribution in [0.1, 0.15) is 33.6 Å². The minimum atomic E-state index is -0.441. The largest absolute Gasteiger partial charge is 0.444 e. The Morgan fingerprint density at radius 1 is 1.44 bits per heavy atom. The zero-order valence-electron chi connectivity index (χ0n) is 11.6.